The normalized spacial score (nSPS) is 26.2. The van der Waals surface area contributed by atoms with Crippen LogP contribution in [0.4, 0.5) is 0 Å². The number of H-pyrrole nitrogens is 1. The number of hydrogen-bond acceptors (Lipinski definition) is 4. The summed E-state index contributed by atoms with van der Waals surface area (Å²) in [6.07, 6.45) is 6.49. The number of ether oxygens (including phenoxy) is 1. The van der Waals surface area contributed by atoms with Crippen molar-refractivity contribution in [2.45, 2.75) is 50.8 Å². The molecule has 3 heterocycles. The van der Waals surface area contributed by atoms with Gasteiger partial charge in [0.15, 0.2) is 0 Å². The fourth-order valence-electron chi connectivity index (χ4n) is 3.52. The molecule has 1 aromatic heterocycles. The van der Waals surface area contributed by atoms with E-state index < -0.39 is 0 Å². The first-order chi connectivity index (χ1) is 9.67. The zero-order chi connectivity index (χ0) is 14.0. The van der Waals surface area contributed by atoms with Gasteiger partial charge in [-0.2, -0.15) is 0 Å². The lowest BCUT2D eigenvalue weighted by Crippen LogP contribution is -2.52. The van der Waals surface area contributed by atoms with Crippen molar-refractivity contribution in [3.8, 4) is 0 Å². The van der Waals surface area contributed by atoms with Gasteiger partial charge in [0, 0.05) is 24.5 Å². The second-order valence-corrected chi connectivity index (χ2v) is 6.36. The van der Waals surface area contributed by atoms with E-state index in [0.717, 1.165) is 63.4 Å². The molecule has 5 nitrogen and oxygen atoms in total. The Bertz CT molecular complexity index is 433. The van der Waals surface area contributed by atoms with Gasteiger partial charge in [-0.3, -0.25) is 4.90 Å². The van der Waals surface area contributed by atoms with Crippen molar-refractivity contribution in [3.05, 3.63) is 17.7 Å². The molecule has 2 saturated heterocycles. The summed E-state index contributed by atoms with van der Waals surface area (Å²) >= 11 is 0. The fraction of sp³-hybridized carbons (Fsp3) is 0.800. The zero-order valence-corrected chi connectivity index (χ0v) is 12.6. The van der Waals surface area contributed by atoms with Crippen LogP contribution in [0.1, 0.15) is 37.2 Å². The quantitative estimate of drug-likeness (QED) is 0.879. The Morgan fingerprint density at radius 3 is 2.95 bits per heavy atom. The summed E-state index contributed by atoms with van der Waals surface area (Å²) in [6, 6.07) is 0.604. The van der Waals surface area contributed by atoms with Crippen LogP contribution in [0.25, 0.3) is 0 Å². The minimum absolute atomic E-state index is 0.126. The molecule has 1 unspecified atom stereocenters. The summed E-state index contributed by atoms with van der Waals surface area (Å²) in [5.41, 5.74) is 1.26. The van der Waals surface area contributed by atoms with Gasteiger partial charge in [-0.1, -0.05) is 0 Å². The highest BCUT2D eigenvalue weighted by Gasteiger charge is 2.39. The number of aromatic amines is 1. The standard InChI is InChI=1S/C15H26N4O/c1-12-10-17-14(18-12)11-19(2)13-3-8-20-15(9-13)4-6-16-7-5-15/h10,13,16H,3-9,11H2,1-2H3,(H,17,18). The van der Waals surface area contributed by atoms with Crippen LogP contribution in [0.5, 0.6) is 0 Å². The van der Waals surface area contributed by atoms with E-state index in [-0.39, 0.29) is 5.60 Å². The van der Waals surface area contributed by atoms with Crippen molar-refractivity contribution in [3.63, 3.8) is 0 Å². The lowest BCUT2D eigenvalue weighted by atomic mass is 9.82. The fourth-order valence-corrected chi connectivity index (χ4v) is 3.52. The smallest absolute Gasteiger partial charge is 0.120 e. The summed E-state index contributed by atoms with van der Waals surface area (Å²) in [5.74, 6) is 1.07. The highest BCUT2D eigenvalue weighted by atomic mass is 16.5. The van der Waals surface area contributed by atoms with Crippen molar-refractivity contribution < 1.29 is 4.74 Å². The molecule has 2 fully saturated rings. The number of nitrogens with zero attached hydrogens (tertiary/aromatic N) is 2. The van der Waals surface area contributed by atoms with Crippen LogP contribution in [-0.2, 0) is 11.3 Å². The van der Waals surface area contributed by atoms with E-state index >= 15 is 0 Å². The van der Waals surface area contributed by atoms with Gasteiger partial charge >= 0.3 is 0 Å². The molecular formula is C15H26N4O. The van der Waals surface area contributed by atoms with Gasteiger partial charge in [-0.05, 0) is 52.7 Å². The molecule has 0 bridgehead atoms. The van der Waals surface area contributed by atoms with Crippen LogP contribution < -0.4 is 5.32 Å². The maximum Gasteiger partial charge on any atom is 0.120 e. The van der Waals surface area contributed by atoms with E-state index in [1.165, 1.54) is 0 Å². The Morgan fingerprint density at radius 2 is 2.25 bits per heavy atom. The van der Waals surface area contributed by atoms with Gasteiger partial charge in [0.1, 0.15) is 5.82 Å². The summed E-state index contributed by atoms with van der Waals surface area (Å²) in [4.78, 5) is 10.2. The van der Waals surface area contributed by atoms with Gasteiger partial charge in [0.2, 0.25) is 0 Å². The van der Waals surface area contributed by atoms with Crippen LogP contribution in [0.2, 0.25) is 0 Å². The largest absolute Gasteiger partial charge is 0.375 e. The molecule has 2 aliphatic heterocycles. The van der Waals surface area contributed by atoms with E-state index in [4.69, 9.17) is 4.74 Å². The first-order valence-corrected chi connectivity index (χ1v) is 7.72. The Morgan fingerprint density at radius 1 is 1.45 bits per heavy atom. The predicted molar refractivity (Wildman–Crippen MR) is 78.6 cm³/mol. The topological polar surface area (TPSA) is 53.2 Å². The number of aryl methyl sites for hydroxylation is 1. The maximum atomic E-state index is 6.15. The van der Waals surface area contributed by atoms with Gasteiger partial charge in [0.05, 0.1) is 12.1 Å². The molecule has 0 aromatic carbocycles. The number of aromatic nitrogens is 2. The molecule has 2 N–H and O–H groups in total. The average molecular weight is 278 g/mol. The van der Waals surface area contributed by atoms with E-state index in [0.29, 0.717) is 6.04 Å². The Hall–Kier alpha value is -0.910. The third-order valence-corrected chi connectivity index (χ3v) is 4.76. The van der Waals surface area contributed by atoms with Crippen LogP contribution in [-0.4, -0.2) is 53.3 Å². The average Bonchev–Trinajstić information content (AvgIpc) is 2.85. The number of rotatable bonds is 3. The second-order valence-electron chi connectivity index (χ2n) is 6.36. The van der Waals surface area contributed by atoms with E-state index in [1.807, 2.05) is 6.20 Å². The first-order valence-electron chi connectivity index (χ1n) is 7.72. The van der Waals surface area contributed by atoms with E-state index in [1.54, 1.807) is 0 Å². The molecule has 112 valence electrons. The van der Waals surface area contributed by atoms with Crippen molar-refractivity contribution >= 4 is 0 Å². The van der Waals surface area contributed by atoms with Crippen molar-refractivity contribution in [2.24, 2.45) is 0 Å². The first kappa shape index (κ1) is 14.0. The lowest BCUT2D eigenvalue weighted by Gasteiger charge is -2.45. The van der Waals surface area contributed by atoms with Crippen LogP contribution in [0, 0.1) is 6.92 Å². The maximum absolute atomic E-state index is 6.15. The van der Waals surface area contributed by atoms with Crippen molar-refractivity contribution in [1.29, 1.82) is 0 Å². The van der Waals surface area contributed by atoms with Crippen LogP contribution >= 0.6 is 0 Å². The minimum Gasteiger partial charge on any atom is -0.375 e. The highest BCUT2D eigenvalue weighted by Crippen LogP contribution is 2.34. The van der Waals surface area contributed by atoms with Gasteiger partial charge in [0.25, 0.3) is 0 Å². The van der Waals surface area contributed by atoms with Crippen LogP contribution in [0.15, 0.2) is 6.20 Å². The van der Waals surface area contributed by atoms with Gasteiger partial charge < -0.3 is 15.0 Å². The molecular weight excluding hydrogens is 252 g/mol. The minimum atomic E-state index is 0.126. The van der Waals surface area contributed by atoms with Crippen molar-refractivity contribution in [2.75, 3.05) is 26.7 Å². The molecule has 0 radical (unpaired) electrons. The molecule has 5 heteroatoms. The molecule has 0 amide bonds. The molecule has 1 atom stereocenters. The predicted octanol–water partition coefficient (Wildman–Crippen LogP) is 1.45. The number of hydrogen-bond donors (Lipinski definition) is 2. The molecule has 3 rings (SSSR count). The Kier molecular flexibility index (Phi) is 4.10. The summed E-state index contributed by atoms with van der Waals surface area (Å²) < 4.78 is 6.15. The van der Waals surface area contributed by atoms with Gasteiger partial charge in [-0.15, -0.1) is 0 Å². The summed E-state index contributed by atoms with van der Waals surface area (Å²) in [5, 5.41) is 3.43. The van der Waals surface area contributed by atoms with Crippen molar-refractivity contribution in [1.82, 2.24) is 20.2 Å². The molecule has 20 heavy (non-hydrogen) atoms. The third kappa shape index (κ3) is 3.05. The Labute approximate surface area is 121 Å². The monoisotopic (exact) mass is 278 g/mol. The lowest BCUT2D eigenvalue weighted by molar-refractivity contribution is -0.119. The number of piperidine rings is 1. The molecule has 1 aromatic rings. The number of nitrogens with one attached hydrogen (secondary N) is 2. The number of imidazole rings is 1. The molecule has 2 aliphatic rings. The SMILES string of the molecule is Cc1cnc(CN(C)C2CCOC3(CCNCC3)C2)[nH]1. The van der Waals surface area contributed by atoms with E-state index in [9.17, 15) is 0 Å². The molecule has 0 saturated carbocycles. The zero-order valence-electron chi connectivity index (χ0n) is 12.6. The third-order valence-electron chi connectivity index (χ3n) is 4.76. The highest BCUT2D eigenvalue weighted by molar-refractivity contribution is 4.99. The summed E-state index contributed by atoms with van der Waals surface area (Å²) in [7, 11) is 2.21. The Balaban J connectivity index is 1.61. The van der Waals surface area contributed by atoms with E-state index in [2.05, 4.69) is 34.2 Å². The van der Waals surface area contributed by atoms with Gasteiger partial charge in [-0.25, -0.2) is 4.98 Å². The second kappa shape index (κ2) is 5.84. The van der Waals surface area contributed by atoms with Crippen LogP contribution in [0.3, 0.4) is 0 Å². The summed E-state index contributed by atoms with van der Waals surface area (Å²) in [6.45, 7) is 6.02. The molecule has 1 spiro atoms. The molecule has 0 aliphatic carbocycles.